The Morgan fingerprint density at radius 2 is 1.79 bits per heavy atom. The average Bonchev–Trinajstić information content (AvgIpc) is 3.01. The van der Waals surface area contributed by atoms with Crippen LogP contribution in [0.5, 0.6) is 0 Å². The summed E-state index contributed by atoms with van der Waals surface area (Å²) in [5.41, 5.74) is 0.757. The molecule has 0 spiro atoms. The van der Waals surface area contributed by atoms with E-state index in [0.29, 0.717) is 11.5 Å². The van der Waals surface area contributed by atoms with Crippen molar-refractivity contribution in [3.05, 3.63) is 66.1 Å². The van der Waals surface area contributed by atoms with E-state index in [-0.39, 0.29) is 23.2 Å². The minimum Gasteiger partial charge on any atom is -0.458 e. The lowest BCUT2D eigenvalue weighted by atomic mass is 10.1. The predicted octanol–water partition coefficient (Wildman–Crippen LogP) is 4.30. The lowest BCUT2D eigenvalue weighted by Gasteiger charge is -2.06. The van der Waals surface area contributed by atoms with E-state index in [0.717, 1.165) is 16.5 Å². The lowest BCUT2D eigenvalue weighted by molar-refractivity contribution is -0.113. The van der Waals surface area contributed by atoms with E-state index in [9.17, 15) is 9.59 Å². The Labute approximate surface area is 144 Å². The maximum atomic E-state index is 12.0. The average molecular weight is 339 g/mol. The number of nitrogens with one attached hydrogen (secondary N) is 1. The van der Waals surface area contributed by atoms with Gasteiger partial charge in [0.25, 0.3) is 0 Å². The van der Waals surface area contributed by atoms with Crippen LogP contribution >= 0.6 is 11.8 Å². The largest absolute Gasteiger partial charge is 0.458 e. The number of aryl methyl sites for hydroxylation is 1. The first-order valence-corrected chi connectivity index (χ1v) is 8.73. The molecule has 1 heterocycles. The number of rotatable bonds is 6. The molecule has 0 aliphatic rings. The van der Waals surface area contributed by atoms with Crippen LogP contribution in [0, 0.1) is 6.92 Å². The third kappa shape index (κ3) is 4.06. The van der Waals surface area contributed by atoms with Gasteiger partial charge in [0.05, 0.1) is 11.5 Å². The van der Waals surface area contributed by atoms with E-state index in [2.05, 4.69) is 5.32 Å². The first-order chi connectivity index (χ1) is 11.6. The molecular weight excluding hydrogens is 322 g/mol. The van der Waals surface area contributed by atoms with Crippen LogP contribution in [-0.4, -0.2) is 23.2 Å². The molecule has 3 rings (SSSR count). The summed E-state index contributed by atoms with van der Waals surface area (Å²) in [6.45, 7) is 1.79. The van der Waals surface area contributed by atoms with Crippen LogP contribution in [0.3, 0.4) is 0 Å². The van der Waals surface area contributed by atoms with Gasteiger partial charge in [-0.15, -0.1) is 11.8 Å². The summed E-state index contributed by atoms with van der Waals surface area (Å²) < 4.78 is 5.28. The van der Waals surface area contributed by atoms with Gasteiger partial charge in [-0.3, -0.25) is 9.59 Å². The number of fused-ring (bicyclic) bond motifs is 1. The Morgan fingerprint density at radius 3 is 2.54 bits per heavy atom. The van der Waals surface area contributed by atoms with Crippen LogP contribution in [0.15, 0.2) is 59.0 Å². The lowest BCUT2D eigenvalue weighted by Crippen LogP contribution is -2.15. The number of hydrogen-bond acceptors (Lipinski definition) is 4. The highest BCUT2D eigenvalue weighted by Gasteiger charge is 2.11. The van der Waals surface area contributed by atoms with Crippen molar-refractivity contribution in [3.8, 4) is 0 Å². The molecule has 0 bridgehead atoms. The highest BCUT2D eigenvalue weighted by molar-refractivity contribution is 8.00. The minimum absolute atomic E-state index is 0.105. The molecule has 0 aliphatic heterocycles. The smallest absolute Gasteiger partial charge is 0.234 e. The third-order valence-corrected chi connectivity index (χ3v) is 4.45. The number of furan rings is 1. The fourth-order valence-electron chi connectivity index (χ4n) is 2.36. The van der Waals surface area contributed by atoms with Gasteiger partial charge in [-0.1, -0.05) is 30.3 Å². The normalized spacial score (nSPS) is 10.7. The standard InChI is InChI=1S/C19H17NO3S/c1-13-6-9-18(23-13)17(21)11-24-12-19(22)20-16-8-7-14-4-2-3-5-15(14)10-16/h2-10H,11-12H2,1H3,(H,20,22). The number of carbonyl (C=O) groups is 2. The molecule has 0 fully saturated rings. The van der Waals surface area contributed by atoms with Gasteiger partial charge in [-0.25, -0.2) is 0 Å². The van der Waals surface area contributed by atoms with Gasteiger partial charge in [-0.2, -0.15) is 0 Å². The molecular formula is C19H17NO3S. The van der Waals surface area contributed by atoms with Crippen LogP contribution < -0.4 is 5.32 Å². The third-order valence-electron chi connectivity index (χ3n) is 3.51. The molecule has 24 heavy (non-hydrogen) atoms. The first-order valence-electron chi connectivity index (χ1n) is 7.58. The molecule has 5 heteroatoms. The molecule has 0 atom stereocenters. The number of thioether (sulfide) groups is 1. The zero-order valence-corrected chi connectivity index (χ0v) is 14.1. The summed E-state index contributed by atoms with van der Waals surface area (Å²) in [6, 6.07) is 17.2. The summed E-state index contributed by atoms with van der Waals surface area (Å²) in [5.74, 6) is 1.26. The Balaban J connectivity index is 1.50. The highest BCUT2D eigenvalue weighted by atomic mass is 32.2. The summed E-state index contributed by atoms with van der Waals surface area (Å²) in [6.07, 6.45) is 0. The molecule has 3 aromatic rings. The van der Waals surface area contributed by atoms with Gasteiger partial charge in [0.15, 0.2) is 5.76 Å². The Hall–Kier alpha value is -2.53. The van der Waals surface area contributed by atoms with E-state index in [1.54, 1.807) is 19.1 Å². The maximum absolute atomic E-state index is 12.0. The van der Waals surface area contributed by atoms with Crippen LogP contribution in [0.1, 0.15) is 16.3 Å². The van der Waals surface area contributed by atoms with Crippen molar-refractivity contribution in [1.29, 1.82) is 0 Å². The molecule has 4 nitrogen and oxygen atoms in total. The van der Waals surface area contributed by atoms with Crippen molar-refractivity contribution in [2.24, 2.45) is 0 Å². The Bertz CT molecular complexity index is 885. The molecule has 1 aromatic heterocycles. The number of hydrogen-bond donors (Lipinski definition) is 1. The van der Waals surface area contributed by atoms with Crippen molar-refractivity contribution in [3.63, 3.8) is 0 Å². The fourth-order valence-corrected chi connectivity index (χ4v) is 3.04. The molecule has 122 valence electrons. The minimum atomic E-state index is -0.126. The van der Waals surface area contributed by atoms with Gasteiger partial charge in [-0.05, 0) is 42.0 Å². The molecule has 2 aromatic carbocycles. The Kier molecular flexibility index (Phi) is 5.01. The van der Waals surface area contributed by atoms with Gasteiger partial charge < -0.3 is 9.73 Å². The van der Waals surface area contributed by atoms with Crippen LogP contribution in [0.4, 0.5) is 5.69 Å². The number of benzene rings is 2. The summed E-state index contributed by atoms with van der Waals surface area (Å²) in [5, 5.41) is 5.06. The van der Waals surface area contributed by atoms with Crippen molar-refractivity contribution in [2.75, 3.05) is 16.8 Å². The van der Waals surface area contributed by atoms with E-state index < -0.39 is 0 Å². The van der Waals surface area contributed by atoms with Crippen molar-refractivity contribution in [2.45, 2.75) is 6.92 Å². The molecule has 0 aliphatic carbocycles. The number of carbonyl (C=O) groups excluding carboxylic acids is 2. The maximum Gasteiger partial charge on any atom is 0.234 e. The van der Waals surface area contributed by atoms with Crippen molar-refractivity contribution in [1.82, 2.24) is 0 Å². The molecule has 0 radical (unpaired) electrons. The number of ketones is 1. The van der Waals surface area contributed by atoms with Crippen LogP contribution in [0.2, 0.25) is 0 Å². The van der Waals surface area contributed by atoms with E-state index in [4.69, 9.17) is 4.42 Å². The van der Waals surface area contributed by atoms with Crippen LogP contribution in [-0.2, 0) is 4.79 Å². The van der Waals surface area contributed by atoms with E-state index >= 15 is 0 Å². The monoisotopic (exact) mass is 339 g/mol. The van der Waals surface area contributed by atoms with Gasteiger partial charge >= 0.3 is 0 Å². The second-order valence-electron chi connectivity index (χ2n) is 5.44. The summed E-state index contributed by atoms with van der Waals surface area (Å²) in [7, 11) is 0. The van der Waals surface area contributed by atoms with Crippen molar-refractivity contribution < 1.29 is 14.0 Å². The van der Waals surface area contributed by atoms with Gasteiger partial charge in [0.2, 0.25) is 11.7 Å². The quantitative estimate of drug-likeness (QED) is 0.680. The van der Waals surface area contributed by atoms with Gasteiger partial charge in [0, 0.05) is 5.69 Å². The van der Waals surface area contributed by atoms with E-state index in [1.807, 2.05) is 42.5 Å². The number of amides is 1. The molecule has 1 amide bonds. The fraction of sp³-hybridized carbons (Fsp3) is 0.158. The number of anilines is 1. The van der Waals surface area contributed by atoms with Crippen molar-refractivity contribution >= 4 is 39.9 Å². The molecule has 0 saturated carbocycles. The molecule has 0 unspecified atom stereocenters. The van der Waals surface area contributed by atoms with Gasteiger partial charge in [0.1, 0.15) is 5.76 Å². The predicted molar refractivity (Wildman–Crippen MR) is 97.7 cm³/mol. The SMILES string of the molecule is Cc1ccc(C(=O)CSCC(=O)Nc2ccc3ccccc3c2)o1. The zero-order valence-electron chi connectivity index (χ0n) is 13.2. The van der Waals surface area contributed by atoms with Crippen LogP contribution in [0.25, 0.3) is 10.8 Å². The zero-order chi connectivity index (χ0) is 16.9. The second-order valence-corrected chi connectivity index (χ2v) is 6.42. The topological polar surface area (TPSA) is 59.3 Å². The summed E-state index contributed by atoms with van der Waals surface area (Å²) >= 11 is 1.27. The number of Topliss-reactive ketones (excluding diaryl/α,β-unsaturated/α-hetero) is 1. The highest BCUT2D eigenvalue weighted by Crippen LogP contribution is 2.19. The first kappa shape index (κ1) is 16.3. The Morgan fingerprint density at radius 1 is 1.00 bits per heavy atom. The summed E-state index contributed by atoms with van der Waals surface area (Å²) in [4.78, 5) is 23.9. The van der Waals surface area contributed by atoms with E-state index in [1.165, 1.54) is 11.8 Å². The molecule has 0 saturated heterocycles. The second kappa shape index (κ2) is 7.36. The molecule has 1 N–H and O–H groups in total.